The van der Waals surface area contributed by atoms with Crippen molar-refractivity contribution < 1.29 is 0 Å². The van der Waals surface area contributed by atoms with Gasteiger partial charge in [-0.15, -0.1) is 0 Å². The Morgan fingerprint density at radius 1 is 1.13 bits per heavy atom. The third kappa shape index (κ3) is 5.53. The van der Waals surface area contributed by atoms with Crippen molar-refractivity contribution in [1.29, 1.82) is 0 Å². The van der Waals surface area contributed by atoms with E-state index in [2.05, 4.69) is 65.0 Å². The van der Waals surface area contributed by atoms with Crippen molar-refractivity contribution >= 4 is 16.6 Å². The summed E-state index contributed by atoms with van der Waals surface area (Å²) >= 11 is 0. The van der Waals surface area contributed by atoms with Gasteiger partial charge in [-0.25, -0.2) is 4.98 Å². The summed E-state index contributed by atoms with van der Waals surface area (Å²) < 4.78 is 1.83. The standard InChI is InChI=1S/C26H35N5/c1-19(2)6-5-11-31-12-9-21(10-13-31)20(3)29-26-15-24-14-22(7-8-23(24)16-27-26)25-17-28-30(4)18-25/h7-8,14-19,21H,3,5-6,9-13H2,1-2,4H3,(H,27,29). The number of pyridine rings is 1. The first kappa shape index (κ1) is 21.6. The normalized spacial score (nSPS) is 15.6. The molecule has 31 heavy (non-hydrogen) atoms. The predicted molar refractivity (Wildman–Crippen MR) is 130 cm³/mol. The highest BCUT2D eigenvalue weighted by Gasteiger charge is 2.21. The van der Waals surface area contributed by atoms with Gasteiger partial charge in [0.05, 0.1) is 6.20 Å². The third-order valence-corrected chi connectivity index (χ3v) is 6.38. The van der Waals surface area contributed by atoms with Gasteiger partial charge < -0.3 is 10.2 Å². The molecular formula is C26H35N5. The van der Waals surface area contributed by atoms with Crippen LogP contribution in [0, 0.1) is 11.8 Å². The van der Waals surface area contributed by atoms with E-state index in [1.807, 2.05) is 30.3 Å². The van der Waals surface area contributed by atoms with Gasteiger partial charge in [0, 0.05) is 42.0 Å². The van der Waals surface area contributed by atoms with Crippen molar-refractivity contribution in [1.82, 2.24) is 19.7 Å². The zero-order valence-electron chi connectivity index (χ0n) is 19.1. The zero-order chi connectivity index (χ0) is 21.8. The molecule has 1 fully saturated rings. The second-order valence-corrected chi connectivity index (χ2v) is 9.34. The highest BCUT2D eigenvalue weighted by atomic mass is 15.2. The quantitative estimate of drug-likeness (QED) is 0.510. The lowest BCUT2D eigenvalue weighted by molar-refractivity contribution is 0.194. The first-order chi connectivity index (χ1) is 15.0. The van der Waals surface area contributed by atoms with E-state index in [1.54, 1.807) is 0 Å². The lowest BCUT2D eigenvalue weighted by atomic mass is 9.93. The van der Waals surface area contributed by atoms with Crippen LogP contribution in [0.4, 0.5) is 5.82 Å². The molecule has 0 radical (unpaired) electrons. The molecule has 3 aromatic rings. The van der Waals surface area contributed by atoms with E-state index in [9.17, 15) is 0 Å². The maximum Gasteiger partial charge on any atom is 0.130 e. The molecule has 1 aliphatic heterocycles. The highest BCUT2D eigenvalue weighted by molar-refractivity contribution is 5.88. The molecule has 0 atom stereocenters. The minimum Gasteiger partial charge on any atom is -0.344 e. The number of nitrogens with zero attached hydrogens (tertiary/aromatic N) is 4. The van der Waals surface area contributed by atoms with Gasteiger partial charge in [-0.05, 0) is 74.3 Å². The second-order valence-electron chi connectivity index (χ2n) is 9.34. The Kier molecular flexibility index (Phi) is 6.71. The minimum absolute atomic E-state index is 0.514. The van der Waals surface area contributed by atoms with Crippen LogP contribution in [0.1, 0.15) is 39.5 Å². The summed E-state index contributed by atoms with van der Waals surface area (Å²) in [6.07, 6.45) is 10.9. The van der Waals surface area contributed by atoms with Gasteiger partial charge >= 0.3 is 0 Å². The number of hydrogen-bond acceptors (Lipinski definition) is 4. The summed E-state index contributed by atoms with van der Waals surface area (Å²) in [6.45, 7) is 12.5. The summed E-state index contributed by atoms with van der Waals surface area (Å²) in [4.78, 5) is 7.23. The van der Waals surface area contributed by atoms with Gasteiger partial charge in [0.15, 0.2) is 0 Å². The maximum absolute atomic E-state index is 4.62. The number of aromatic nitrogens is 3. The Balaban J connectivity index is 1.36. The van der Waals surface area contributed by atoms with E-state index in [0.717, 1.165) is 28.4 Å². The fraction of sp³-hybridized carbons (Fsp3) is 0.462. The van der Waals surface area contributed by atoms with E-state index in [4.69, 9.17) is 0 Å². The van der Waals surface area contributed by atoms with E-state index in [0.29, 0.717) is 5.92 Å². The summed E-state index contributed by atoms with van der Waals surface area (Å²) in [5.41, 5.74) is 3.39. The molecule has 0 spiro atoms. The van der Waals surface area contributed by atoms with E-state index in [1.165, 1.54) is 56.3 Å². The largest absolute Gasteiger partial charge is 0.344 e. The fourth-order valence-electron chi connectivity index (χ4n) is 4.45. The summed E-state index contributed by atoms with van der Waals surface area (Å²) in [6, 6.07) is 8.58. The number of rotatable bonds is 8. The molecular weight excluding hydrogens is 382 g/mol. The molecule has 5 heteroatoms. The second kappa shape index (κ2) is 9.65. The Hall–Kier alpha value is -2.66. The van der Waals surface area contributed by atoms with Gasteiger partial charge in [0.2, 0.25) is 0 Å². The number of likely N-dealkylation sites (tertiary alicyclic amines) is 1. The van der Waals surface area contributed by atoms with Crippen LogP contribution in [0.15, 0.2) is 55.1 Å². The maximum atomic E-state index is 4.62. The topological polar surface area (TPSA) is 46.0 Å². The Labute approximate surface area is 186 Å². The number of aryl methyl sites for hydroxylation is 1. The number of anilines is 1. The van der Waals surface area contributed by atoms with Crippen molar-refractivity contribution in [3.63, 3.8) is 0 Å². The monoisotopic (exact) mass is 417 g/mol. The summed E-state index contributed by atoms with van der Waals surface area (Å²) in [7, 11) is 1.94. The van der Waals surface area contributed by atoms with E-state index in [-0.39, 0.29) is 0 Å². The molecule has 1 N–H and O–H groups in total. The van der Waals surface area contributed by atoms with Crippen molar-refractivity contribution in [2.75, 3.05) is 25.0 Å². The van der Waals surface area contributed by atoms with Crippen LogP contribution in [0.5, 0.6) is 0 Å². The molecule has 0 saturated carbocycles. The Morgan fingerprint density at radius 3 is 2.65 bits per heavy atom. The smallest absolute Gasteiger partial charge is 0.130 e. The van der Waals surface area contributed by atoms with Gasteiger partial charge in [-0.3, -0.25) is 4.68 Å². The zero-order valence-corrected chi connectivity index (χ0v) is 19.1. The van der Waals surface area contributed by atoms with Crippen molar-refractivity contribution in [2.24, 2.45) is 18.9 Å². The third-order valence-electron chi connectivity index (χ3n) is 6.38. The minimum atomic E-state index is 0.514. The molecule has 164 valence electrons. The lowest BCUT2D eigenvalue weighted by Gasteiger charge is -2.33. The fourth-order valence-corrected chi connectivity index (χ4v) is 4.45. The van der Waals surface area contributed by atoms with Crippen molar-refractivity contribution in [3.8, 4) is 11.1 Å². The first-order valence-corrected chi connectivity index (χ1v) is 11.5. The van der Waals surface area contributed by atoms with Crippen LogP contribution in [0.25, 0.3) is 21.9 Å². The molecule has 0 amide bonds. The van der Waals surface area contributed by atoms with Gasteiger partial charge in [-0.2, -0.15) is 5.10 Å². The molecule has 0 unspecified atom stereocenters. The average molecular weight is 418 g/mol. The molecule has 2 aromatic heterocycles. The van der Waals surface area contributed by atoms with E-state index >= 15 is 0 Å². The SMILES string of the molecule is C=C(Nc1cc2cc(-c3cnn(C)c3)ccc2cn1)C1CCN(CCCC(C)C)CC1. The Morgan fingerprint density at radius 2 is 1.94 bits per heavy atom. The van der Waals surface area contributed by atoms with Gasteiger partial charge in [0.1, 0.15) is 5.82 Å². The molecule has 5 nitrogen and oxygen atoms in total. The highest BCUT2D eigenvalue weighted by Crippen LogP contribution is 2.28. The number of nitrogens with one attached hydrogen (secondary N) is 1. The predicted octanol–water partition coefficient (Wildman–Crippen LogP) is 5.71. The molecule has 3 heterocycles. The molecule has 0 bridgehead atoms. The van der Waals surface area contributed by atoms with E-state index < -0.39 is 0 Å². The van der Waals surface area contributed by atoms with Gasteiger partial charge in [-0.1, -0.05) is 32.6 Å². The summed E-state index contributed by atoms with van der Waals surface area (Å²) in [5, 5.41) is 10.1. The lowest BCUT2D eigenvalue weighted by Crippen LogP contribution is -2.35. The van der Waals surface area contributed by atoms with Crippen LogP contribution in [-0.2, 0) is 7.05 Å². The molecule has 4 rings (SSSR count). The van der Waals surface area contributed by atoms with Crippen LogP contribution in [-0.4, -0.2) is 39.3 Å². The van der Waals surface area contributed by atoms with Crippen LogP contribution < -0.4 is 5.32 Å². The molecule has 1 aliphatic rings. The number of hydrogen-bond donors (Lipinski definition) is 1. The average Bonchev–Trinajstić information content (AvgIpc) is 3.20. The van der Waals surface area contributed by atoms with Crippen LogP contribution in [0.2, 0.25) is 0 Å². The number of allylic oxidation sites excluding steroid dienone is 1. The van der Waals surface area contributed by atoms with Crippen LogP contribution in [0.3, 0.4) is 0 Å². The molecule has 1 aromatic carbocycles. The van der Waals surface area contributed by atoms with Crippen molar-refractivity contribution in [2.45, 2.75) is 39.5 Å². The molecule has 1 saturated heterocycles. The number of fused-ring (bicyclic) bond motifs is 1. The number of benzene rings is 1. The van der Waals surface area contributed by atoms with Gasteiger partial charge in [0.25, 0.3) is 0 Å². The number of piperidine rings is 1. The Bertz CT molecular complexity index is 1030. The van der Waals surface area contributed by atoms with Crippen LogP contribution >= 0.6 is 0 Å². The molecule has 0 aliphatic carbocycles. The summed E-state index contributed by atoms with van der Waals surface area (Å²) in [5.74, 6) is 2.19. The van der Waals surface area contributed by atoms with Crippen molar-refractivity contribution in [3.05, 3.63) is 55.1 Å². The first-order valence-electron chi connectivity index (χ1n) is 11.5.